The van der Waals surface area contributed by atoms with E-state index in [-0.39, 0.29) is 6.10 Å². The Balaban J connectivity index is 1.55. The first-order valence-corrected chi connectivity index (χ1v) is 7.12. The van der Waals surface area contributed by atoms with Crippen molar-refractivity contribution in [2.45, 2.75) is 44.6 Å². The van der Waals surface area contributed by atoms with Gasteiger partial charge in [0.1, 0.15) is 5.76 Å². The summed E-state index contributed by atoms with van der Waals surface area (Å²) in [4.78, 5) is 0. The van der Waals surface area contributed by atoms with Gasteiger partial charge in [-0.3, -0.25) is 0 Å². The van der Waals surface area contributed by atoms with E-state index >= 15 is 0 Å². The molecule has 1 aliphatic rings. The fourth-order valence-corrected chi connectivity index (χ4v) is 2.89. The number of furan rings is 1. The summed E-state index contributed by atoms with van der Waals surface area (Å²) in [6.45, 7) is 0. The Kier molecular flexibility index (Phi) is 3.69. The van der Waals surface area contributed by atoms with Crippen molar-refractivity contribution in [3.05, 3.63) is 59.0 Å². The van der Waals surface area contributed by atoms with Crippen LogP contribution in [0, 0.1) is 0 Å². The molecule has 1 N–H and O–H groups in total. The van der Waals surface area contributed by atoms with Gasteiger partial charge in [-0.1, -0.05) is 18.2 Å². The molecule has 1 aliphatic carbocycles. The molecule has 0 fully saturated rings. The molecule has 100 valence electrons. The molecule has 2 heteroatoms. The predicted octanol–water partition coefficient (Wildman–Crippen LogP) is 3.30. The minimum atomic E-state index is -0.287. The van der Waals surface area contributed by atoms with E-state index in [2.05, 4.69) is 18.2 Å². The van der Waals surface area contributed by atoms with Crippen molar-refractivity contribution in [3.63, 3.8) is 0 Å². The number of fused-ring (bicyclic) bond motifs is 1. The van der Waals surface area contributed by atoms with Crippen molar-refractivity contribution < 1.29 is 9.52 Å². The van der Waals surface area contributed by atoms with Gasteiger partial charge in [-0.2, -0.15) is 0 Å². The highest BCUT2D eigenvalue weighted by molar-refractivity contribution is 5.35. The third-order valence-electron chi connectivity index (χ3n) is 3.94. The molecule has 0 amide bonds. The number of aliphatic hydroxyl groups excluding tert-OH is 1. The molecule has 1 unspecified atom stereocenters. The molecular formula is C17H20O2. The van der Waals surface area contributed by atoms with Crippen LogP contribution in [0.1, 0.15) is 35.3 Å². The minimum Gasteiger partial charge on any atom is -0.469 e. The molecule has 0 spiro atoms. The summed E-state index contributed by atoms with van der Waals surface area (Å²) in [6, 6.07) is 10.5. The van der Waals surface area contributed by atoms with E-state index in [9.17, 15) is 5.11 Å². The lowest BCUT2D eigenvalue weighted by Crippen LogP contribution is -2.11. The second-order valence-electron chi connectivity index (χ2n) is 5.43. The van der Waals surface area contributed by atoms with Crippen LogP contribution in [0.5, 0.6) is 0 Å². The summed E-state index contributed by atoms with van der Waals surface area (Å²) in [7, 11) is 0. The second kappa shape index (κ2) is 5.62. The van der Waals surface area contributed by atoms with E-state index < -0.39 is 0 Å². The maximum Gasteiger partial charge on any atom is 0.103 e. The molecule has 2 aromatic rings. The first kappa shape index (κ1) is 12.5. The molecule has 1 aromatic carbocycles. The molecule has 1 heterocycles. The quantitative estimate of drug-likeness (QED) is 0.890. The standard InChI is InChI=1S/C17H20O2/c18-16(8-9-17-5-2-10-19-17)12-13-6-7-14-3-1-4-15(14)11-13/h2,5-7,10-11,16,18H,1,3-4,8-9,12H2. The SMILES string of the molecule is OC(CCc1ccco1)Cc1ccc2c(c1)CCC2. The molecule has 2 nitrogen and oxygen atoms in total. The van der Waals surface area contributed by atoms with Crippen molar-refractivity contribution in [1.82, 2.24) is 0 Å². The van der Waals surface area contributed by atoms with Gasteiger partial charge in [-0.05, 0) is 60.9 Å². The van der Waals surface area contributed by atoms with Gasteiger partial charge in [-0.15, -0.1) is 0 Å². The fraction of sp³-hybridized carbons (Fsp3) is 0.412. The van der Waals surface area contributed by atoms with Gasteiger partial charge in [0.25, 0.3) is 0 Å². The summed E-state index contributed by atoms with van der Waals surface area (Å²) >= 11 is 0. The summed E-state index contributed by atoms with van der Waals surface area (Å²) < 4.78 is 5.28. The molecule has 0 saturated carbocycles. The zero-order valence-electron chi connectivity index (χ0n) is 11.1. The van der Waals surface area contributed by atoms with E-state index in [4.69, 9.17) is 4.42 Å². The molecule has 0 aliphatic heterocycles. The number of benzene rings is 1. The Labute approximate surface area is 114 Å². The summed E-state index contributed by atoms with van der Waals surface area (Å²) in [6.07, 6.45) is 7.40. The maximum absolute atomic E-state index is 10.1. The van der Waals surface area contributed by atoms with Crippen LogP contribution in [0.4, 0.5) is 0 Å². The Morgan fingerprint density at radius 1 is 1.16 bits per heavy atom. The summed E-state index contributed by atoms with van der Waals surface area (Å²) in [5.74, 6) is 0.952. The highest BCUT2D eigenvalue weighted by Crippen LogP contribution is 2.23. The van der Waals surface area contributed by atoms with Gasteiger partial charge < -0.3 is 9.52 Å². The molecule has 0 bridgehead atoms. The monoisotopic (exact) mass is 256 g/mol. The lowest BCUT2D eigenvalue weighted by Gasteiger charge is -2.11. The smallest absolute Gasteiger partial charge is 0.103 e. The molecule has 3 rings (SSSR count). The van der Waals surface area contributed by atoms with Gasteiger partial charge in [0.05, 0.1) is 12.4 Å². The van der Waals surface area contributed by atoms with Crippen LogP contribution in [0.2, 0.25) is 0 Å². The third kappa shape index (κ3) is 3.07. The largest absolute Gasteiger partial charge is 0.469 e. The van der Waals surface area contributed by atoms with Crippen molar-refractivity contribution in [2.24, 2.45) is 0 Å². The first-order chi connectivity index (χ1) is 9.31. The second-order valence-corrected chi connectivity index (χ2v) is 5.43. The van der Waals surface area contributed by atoms with E-state index in [0.717, 1.165) is 25.0 Å². The van der Waals surface area contributed by atoms with Crippen molar-refractivity contribution in [1.29, 1.82) is 0 Å². The van der Waals surface area contributed by atoms with Crippen molar-refractivity contribution in [3.8, 4) is 0 Å². The lowest BCUT2D eigenvalue weighted by atomic mass is 10.00. The number of hydrogen-bond acceptors (Lipinski definition) is 2. The predicted molar refractivity (Wildman–Crippen MR) is 75.2 cm³/mol. The van der Waals surface area contributed by atoms with E-state index in [1.165, 1.54) is 36.0 Å². The van der Waals surface area contributed by atoms with Crippen LogP contribution < -0.4 is 0 Å². The van der Waals surface area contributed by atoms with Crippen LogP contribution in [-0.4, -0.2) is 11.2 Å². The number of hydrogen-bond donors (Lipinski definition) is 1. The topological polar surface area (TPSA) is 33.4 Å². The van der Waals surface area contributed by atoms with Crippen LogP contribution >= 0.6 is 0 Å². The molecule has 0 saturated heterocycles. The molecule has 19 heavy (non-hydrogen) atoms. The fourth-order valence-electron chi connectivity index (χ4n) is 2.89. The molecular weight excluding hydrogens is 236 g/mol. The van der Waals surface area contributed by atoms with E-state index in [1.54, 1.807) is 6.26 Å². The number of aliphatic hydroxyl groups is 1. The molecule has 0 radical (unpaired) electrons. The highest BCUT2D eigenvalue weighted by Gasteiger charge is 2.13. The van der Waals surface area contributed by atoms with E-state index in [1.807, 2.05) is 12.1 Å². The van der Waals surface area contributed by atoms with E-state index in [0.29, 0.717) is 0 Å². The van der Waals surface area contributed by atoms with Gasteiger partial charge in [-0.25, -0.2) is 0 Å². The van der Waals surface area contributed by atoms with Gasteiger partial charge in [0.15, 0.2) is 0 Å². The Morgan fingerprint density at radius 2 is 2.05 bits per heavy atom. The van der Waals surface area contributed by atoms with Gasteiger partial charge in [0.2, 0.25) is 0 Å². The Morgan fingerprint density at radius 3 is 2.89 bits per heavy atom. The van der Waals surface area contributed by atoms with Crippen LogP contribution in [0.3, 0.4) is 0 Å². The summed E-state index contributed by atoms with van der Waals surface area (Å²) in [5, 5.41) is 10.1. The minimum absolute atomic E-state index is 0.287. The van der Waals surface area contributed by atoms with Crippen LogP contribution in [0.25, 0.3) is 0 Å². The van der Waals surface area contributed by atoms with Gasteiger partial charge >= 0.3 is 0 Å². The Hall–Kier alpha value is -1.54. The zero-order chi connectivity index (χ0) is 13.1. The number of aryl methyl sites for hydroxylation is 3. The van der Waals surface area contributed by atoms with Gasteiger partial charge in [0, 0.05) is 6.42 Å². The number of rotatable bonds is 5. The van der Waals surface area contributed by atoms with Crippen molar-refractivity contribution >= 4 is 0 Å². The zero-order valence-corrected chi connectivity index (χ0v) is 11.1. The van der Waals surface area contributed by atoms with Crippen molar-refractivity contribution in [2.75, 3.05) is 0 Å². The average molecular weight is 256 g/mol. The Bertz CT molecular complexity index is 528. The average Bonchev–Trinajstić information content (AvgIpc) is 3.07. The van der Waals surface area contributed by atoms with Crippen LogP contribution in [0.15, 0.2) is 41.0 Å². The first-order valence-electron chi connectivity index (χ1n) is 7.12. The summed E-state index contributed by atoms with van der Waals surface area (Å²) in [5.41, 5.74) is 4.23. The highest BCUT2D eigenvalue weighted by atomic mass is 16.3. The third-order valence-corrected chi connectivity index (χ3v) is 3.94. The lowest BCUT2D eigenvalue weighted by molar-refractivity contribution is 0.163. The molecule has 1 aromatic heterocycles. The maximum atomic E-state index is 10.1. The van der Waals surface area contributed by atoms with Crippen LogP contribution in [-0.2, 0) is 25.7 Å². The normalized spacial score (nSPS) is 15.4. The molecule has 1 atom stereocenters.